The van der Waals surface area contributed by atoms with Crippen molar-refractivity contribution in [3.8, 4) is 0 Å². The fraction of sp³-hybridized carbons (Fsp3) is 0.692. The predicted octanol–water partition coefficient (Wildman–Crippen LogP) is 3.04. The molecule has 0 aliphatic carbocycles. The number of esters is 1. The van der Waals surface area contributed by atoms with Gasteiger partial charge in [-0.2, -0.15) is 0 Å². The van der Waals surface area contributed by atoms with E-state index in [1.807, 2.05) is 0 Å². The SMILES string of the molecule is CCCCCCCC=CC(=O)C(=O)OCC. The van der Waals surface area contributed by atoms with Gasteiger partial charge in [0.25, 0.3) is 5.78 Å². The molecule has 0 radical (unpaired) electrons. The molecule has 0 rings (SSSR count). The summed E-state index contributed by atoms with van der Waals surface area (Å²) in [5.41, 5.74) is 0. The molecule has 0 saturated heterocycles. The number of ether oxygens (including phenoxy) is 1. The summed E-state index contributed by atoms with van der Waals surface area (Å²) in [7, 11) is 0. The van der Waals surface area contributed by atoms with Crippen LogP contribution in [0.4, 0.5) is 0 Å². The Morgan fingerprint density at radius 1 is 1.06 bits per heavy atom. The molecule has 0 fully saturated rings. The second-order valence-corrected chi connectivity index (χ2v) is 3.69. The first-order chi connectivity index (χ1) is 7.72. The van der Waals surface area contributed by atoms with Crippen LogP contribution in [0.3, 0.4) is 0 Å². The molecule has 0 amide bonds. The normalized spacial score (nSPS) is 10.6. The van der Waals surface area contributed by atoms with Crippen molar-refractivity contribution in [3.63, 3.8) is 0 Å². The van der Waals surface area contributed by atoms with Crippen LogP contribution in [0.1, 0.15) is 52.4 Å². The molecule has 0 aromatic carbocycles. The highest BCUT2D eigenvalue weighted by Gasteiger charge is 2.09. The maximum absolute atomic E-state index is 11.1. The van der Waals surface area contributed by atoms with Crippen molar-refractivity contribution in [2.45, 2.75) is 52.4 Å². The molecule has 0 spiro atoms. The molecule has 0 aromatic heterocycles. The van der Waals surface area contributed by atoms with Crippen LogP contribution in [-0.4, -0.2) is 18.4 Å². The van der Waals surface area contributed by atoms with Crippen molar-refractivity contribution in [2.75, 3.05) is 6.61 Å². The fourth-order valence-corrected chi connectivity index (χ4v) is 1.33. The Kier molecular flexibility index (Phi) is 9.67. The second kappa shape index (κ2) is 10.4. The van der Waals surface area contributed by atoms with Crippen LogP contribution >= 0.6 is 0 Å². The van der Waals surface area contributed by atoms with E-state index in [0.29, 0.717) is 0 Å². The van der Waals surface area contributed by atoms with Crippen LogP contribution in [0.15, 0.2) is 12.2 Å². The van der Waals surface area contributed by atoms with Gasteiger partial charge in [-0.1, -0.05) is 38.7 Å². The molecule has 3 nitrogen and oxygen atoms in total. The van der Waals surface area contributed by atoms with Gasteiger partial charge < -0.3 is 4.74 Å². The van der Waals surface area contributed by atoms with Gasteiger partial charge in [0.1, 0.15) is 0 Å². The summed E-state index contributed by atoms with van der Waals surface area (Å²) in [4.78, 5) is 22.0. The Morgan fingerprint density at radius 2 is 1.75 bits per heavy atom. The third kappa shape index (κ3) is 8.21. The highest BCUT2D eigenvalue weighted by molar-refractivity contribution is 6.38. The standard InChI is InChI=1S/C13H22O3/c1-3-5-6-7-8-9-10-11-12(14)13(15)16-4-2/h10-11H,3-9H2,1-2H3. The largest absolute Gasteiger partial charge is 0.460 e. The maximum Gasteiger partial charge on any atom is 0.378 e. The van der Waals surface area contributed by atoms with Gasteiger partial charge in [-0.05, 0) is 25.8 Å². The Balaban J connectivity index is 3.52. The molecule has 0 aliphatic heterocycles. The molecule has 0 saturated carbocycles. The molecule has 0 aromatic rings. The van der Waals surface area contributed by atoms with Crippen LogP contribution in [-0.2, 0) is 14.3 Å². The minimum atomic E-state index is -0.760. The van der Waals surface area contributed by atoms with E-state index in [1.54, 1.807) is 13.0 Å². The van der Waals surface area contributed by atoms with E-state index < -0.39 is 11.8 Å². The van der Waals surface area contributed by atoms with Gasteiger partial charge in [0.15, 0.2) is 0 Å². The Labute approximate surface area is 97.9 Å². The second-order valence-electron chi connectivity index (χ2n) is 3.69. The monoisotopic (exact) mass is 226 g/mol. The van der Waals surface area contributed by atoms with Crippen molar-refractivity contribution in [1.82, 2.24) is 0 Å². The van der Waals surface area contributed by atoms with Crippen LogP contribution < -0.4 is 0 Å². The highest BCUT2D eigenvalue weighted by Crippen LogP contribution is 2.05. The van der Waals surface area contributed by atoms with Crippen molar-refractivity contribution < 1.29 is 14.3 Å². The number of unbranched alkanes of at least 4 members (excludes halogenated alkanes) is 5. The molecule has 0 atom stereocenters. The Morgan fingerprint density at radius 3 is 2.38 bits per heavy atom. The van der Waals surface area contributed by atoms with E-state index in [9.17, 15) is 9.59 Å². The number of hydrogen-bond donors (Lipinski definition) is 0. The first-order valence-electron chi connectivity index (χ1n) is 6.10. The third-order valence-corrected chi connectivity index (χ3v) is 2.22. The van der Waals surface area contributed by atoms with Crippen LogP contribution in [0.5, 0.6) is 0 Å². The van der Waals surface area contributed by atoms with Crippen LogP contribution in [0, 0.1) is 0 Å². The zero-order valence-corrected chi connectivity index (χ0v) is 10.3. The van der Waals surface area contributed by atoms with Gasteiger partial charge in [-0.25, -0.2) is 4.79 Å². The minimum Gasteiger partial charge on any atom is -0.460 e. The lowest BCUT2D eigenvalue weighted by Gasteiger charge is -1.97. The number of carbonyl (C=O) groups excluding carboxylic acids is 2. The molecular formula is C13H22O3. The minimum absolute atomic E-state index is 0.245. The average molecular weight is 226 g/mol. The summed E-state index contributed by atoms with van der Waals surface area (Å²) in [5.74, 6) is -1.32. The summed E-state index contributed by atoms with van der Waals surface area (Å²) in [6.07, 6.45) is 9.94. The van der Waals surface area contributed by atoms with Gasteiger partial charge in [0, 0.05) is 0 Å². The lowest BCUT2D eigenvalue weighted by atomic mass is 10.1. The predicted molar refractivity (Wildman–Crippen MR) is 64.2 cm³/mol. The van der Waals surface area contributed by atoms with Gasteiger partial charge in [0.2, 0.25) is 0 Å². The average Bonchev–Trinajstić information content (AvgIpc) is 2.28. The topological polar surface area (TPSA) is 43.4 Å². The first-order valence-corrected chi connectivity index (χ1v) is 6.10. The van der Waals surface area contributed by atoms with E-state index >= 15 is 0 Å². The van der Waals surface area contributed by atoms with Crippen LogP contribution in [0.2, 0.25) is 0 Å². The van der Waals surface area contributed by atoms with E-state index in [2.05, 4.69) is 11.7 Å². The quantitative estimate of drug-likeness (QED) is 0.263. The number of hydrogen-bond acceptors (Lipinski definition) is 3. The van der Waals surface area contributed by atoms with E-state index in [4.69, 9.17) is 0 Å². The lowest BCUT2D eigenvalue weighted by molar-refractivity contribution is -0.151. The number of ketones is 1. The van der Waals surface area contributed by atoms with Gasteiger partial charge >= 0.3 is 5.97 Å². The fourth-order valence-electron chi connectivity index (χ4n) is 1.33. The molecular weight excluding hydrogens is 204 g/mol. The molecule has 0 heterocycles. The van der Waals surface area contributed by atoms with Crippen molar-refractivity contribution in [1.29, 1.82) is 0 Å². The summed E-state index contributed by atoms with van der Waals surface area (Å²) >= 11 is 0. The molecule has 0 bridgehead atoms. The van der Waals surface area contributed by atoms with Gasteiger partial charge in [0.05, 0.1) is 6.61 Å². The summed E-state index contributed by atoms with van der Waals surface area (Å²) in [6, 6.07) is 0. The van der Waals surface area contributed by atoms with E-state index in [-0.39, 0.29) is 6.61 Å². The number of carbonyl (C=O) groups is 2. The summed E-state index contributed by atoms with van der Waals surface area (Å²) in [5, 5.41) is 0. The summed E-state index contributed by atoms with van der Waals surface area (Å²) in [6.45, 7) is 4.11. The molecule has 16 heavy (non-hydrogen) atoms. The molecule has 0 unspecified atom stereocenters. The molecule has 0 N–H and O–H groups in total. The zero-order chi connectivity index (χ0) is 12.2. The van der Waals surface area contributed by atoms with Gasteiger partial charge in [-0.3, -0.25) is 4.79 Å². The zero-order valence-electron chi connectivity index (χ0n) is 10.3. The van der Waals surface area contributed by atoms with Crippen molar-refractivity contribution in [2.24, 2.45) is 0 Å². The van der Waals surface area contributed by atoms with E-state index in [1.165, 1.54) is 31.8 Å². The third-order valence-electron chi connectivity index (χ3n) is 2.22. The smallest absolute Gasteiger partial charge is 0.378 e. The van der Waals surface area contributed by atoms with Crippen molar-refractivity contribution in [3.05, 3.63) is 12.2 Å². The van der Waals surface area contributed by atoms with Crippen molar-refractivity contribution >= 4 is 11.8 Å². The Bertz CT molecular complexity index is 231. The molecule has 0 aliphatic rings. The van der Waals surface area contributed by atoms with E-state index in [0.717, 1.165) is 12.8 Å². The first kappa shape index (κ1) is 14.9. The Hall–Kier alpha value is -1.12. The molecule has 92 valence electrons. The number of allylic oxidation sites excluding steroid dienone is 1. The lowest BCUT2D eigenvalue weighted by Crippen LogP contribution is -2.14. The number of rotatable bonds is 9. The highest BCUT2D eigenvalue weighted by atomic mass is 16.5. The van der Waals surface area contributed by atoms with Crippen LogP contribution in [0.25, 0.3) is 0 Å². The summed E-state index contributed by atoms with van der Waals surface area (Å²) < 4.78 is 4.57. The van der Waals surface area contributed by atoms with Gasteiger partial charge in [-0.15, -0.1) is 0 Å². The maximum atomic E-state index is 11.1. The molecule has 3 heteroatoms.